The first kappa shape index (κ1) is 26.7. The van der Waals surface area contributed by atoms with Crippen LogP contribution < -0.4 is 10.6 Å². The molecule has 0 radical (unpaired) electrons. The number of oxime groups is 1. The third-order valence-electron chi connectivity index (χ3n) is 4.66. The predicted octanol–water partition coefficient (Wildman–Crippen LogP) is 3.75. The Morgan fingerprint density at radius 3 is 2.74 bits per heavy atom. The lowest BCUT2D eigenvalue weighted by Crippen LogP contribution is -2.45. The fourth-order valence-corrected chi connectivity index (χ4v) is 3.23. The maximum atomic E-state index is 10.7. The number of aliphatic hydroxyl groups is 1. The average molecular weight is 437 g/mol. The highest BCUT2D eigenvalue weighted by atomic mass is 19.1. The summed E-state index contributed by atoms with van der Waals surface area (Å²) in [7, 11) is 0.500. The molecule has 0 saturated carbocycles. The van der Waals surface area contributed by atoms with E-state index in [4.69, 9.17) is 9.57 Å². The van der Waals surface area contributed by atoms with Crippen LogP contribution in [0.5, 0.6) is 0 Å². The maximum absolute atomic E-state index is 10.7. The Morgan fingerprint density at radius 2 is 2.13 bits per heavy atom. The van der Waals surface area contributed by atoms with Crippen molar-refractivity contribution in [1.29, 1.82) is 0 Å². The number of alkyl halides is 1. The average Bonchev–Trinajstić information content (AvgIpc) is 2.82. The molecule has 1 aliphatic carbocycles. The third kappa shape index (κ3) is 8.05. The quantitative estimate of drug-likeness (QED) is 0.529. The van der Waals surface area contributed by atoms with E-state index in [0.717, 1.165) is 29.7 Å². The van der Waals surface area contributed by atoms with Gasteiger partial charge in [0.15, 0.2) is 18.7 Å². The molecule has 0 saturated heterocycles. The molecule has 0 aromatic carbocycles. The van der Waals surface area contributed by atoms with Gasteiger partial charge in [-0.15, -0.1) is 0 Å². The molecule has 2 unspecified atom stereocenters. The number of nitrogens with one attached hydrogen (secondary N) is 2. The SMILES string of the molecule is CC.CCOC1NC=C(C(O)N[C@H](C)C2=NC(C)=NOC2)C=C1C1=CC=CCC1.CF. The van der Waals surface area contributed by atoms with Crippen molar-refractivity contribution in [3.63, 3.8) is 0 Å². The summed E-state index contributed by atoms with van der Waals surface area (Å²) in [5.74, 6) is 0.581. The van der Waals surface area contributed by atoms with Crippen LogP contribution in [0.4, 0.5) is 4.39 Å². The maximum Gasteiger partial charge on any atom is 0.164 e. The summed E-state index contributed by atoms with van der Waals surface area (Å²) in [4.78, 5) is 9.53. The van der Waals surface area contributed by atoms with Gasteiger partial charge in [0.2, 0.25) is 0 Å². The van der Waals surface area contributed by atoms with Crippen LogP contribution in [-0.2, 0) is 9.57 Å². The van der Waals surface area contributed by atoms with E-state index in [1.807, 2.05) is 33.8 Å². The minimum atomic E-state index is -0.841. The minimum Gasteiger partial charge on any atom is -0.388 e. The number of aliphatic imine (C=N–C) groups is 1. The highest BCUT2D eigenvalue weighted by molar-refractivity contribution is 6.01. The van der Waals surface area contributed by atoms with Gasteiger partial charge in [0.1, 0.15) is 6.23 Å². The van der Waals surface area contributed by atoms with Crippen molar-refractivity contribution in [3.05, 3.63) is 47.2 Å². The van der Waals surface area contributed by atoms with Gasteiger partial charge in [-0.2, -0.15) is 0 Å². The zero-order valence-electron chi connectivity index (χ0n) is 19.5. The van der Waals surface area contributed by atoms with Crippen molar-refractivity contribution in [2.75, 3.05) is 20.4 Å². The van der Waals surface area contributed by atoms with Crippen LogP contribution in [0, 0.1) is 0 Å². The topological polar surface area (TPSA) is 87.5 Å². The van der Waals surface area contributed by atoms with Crippen molar-refractivity contribution in [1.82, 2.24) is 10.6 Å². The second kappa shape index (κ2) is 14.7. The van der Waals surface area contributed by atoms with Gasteiger partial charge < -0.3 is 20.0 Å². The van der Waals surface area contributed by atoms with Crippen molar-refractivity contribution in [3.8, 4) is 0 Å². The van der Waals surface area contributed by atoms with Gasteiger partial charge in [-0.25, -0.2) is 4.99 Å². The first-order valence-corrected chi connectivity index (χ1v) is 10.8. The standard InChI is InChI=1S/C20H28N4O3.C2H6.CH3F/c1-4-26-20-17(15-8-6-5-7-9-15)10-16(11-21-20)19(25)22-13(2)18-12-27-24-14(3)23-18;2*1-2/h5-6,8,10-11,13,19-22,25H,4,7,9,12H2,1-3H3;1-2H3;1H3/t13-,19?,20?;;/m1../s1. The molecule has 3 atom stereocenters. The monoisotopic (exact) mass is 436 g/mol. The first-order chi connectivity index (χ1) is 15.1. The summed E-state index contributed by atoms with van der Waals surface area (Å²) < 4.78 is 15.3. The summed E-state index contributed by atoms with van der Waals surface area (Å²) in [6, 6.07) is -0.148. The van der Waals surface area contributed by atoms with Gasteiger partial charge >= 0.3 is 0 Å². The van der Waals surface area contributed by atoms with E-state index in [2.05, 4.69) is 39.0 Å². The predicted molar refractivity (Wildman–Crippen MR) is 125 cm³/mol. The highest BCUT2D eigenvalue weighted by Crippen LogP contribution is 2.27. The molecule has 0 bridgehead atoms. The molecule has 0 aromatic heterocycles. The zero-order chi connectivity index (χ0) is 23.2. The second-order valence-electron chi connectivity index (χ2n) is 6.71. The molecule has 2 heterocycles. The molecule has 7 nitrogen and oxygen atoms in total. The Kier molecular flexibility index (Phi) is 12.7. The number of hydrogen-bond donors (Lipinski definition) is 3. The molecule has 0 aromatic rings. The first-order valence-electron chi connectivity index (χ1n) is 10.8. The van der Waals surface area contributed by atoms with Gasteiger partial charge in [-0.3, -0.25) is 9.71 Å². The molecule has 3 N–H and O–H groups in total. The number of rotatable bonds is 7. The fraction of sp³-hybridized carbons (Fsp3) is 0.565. The molecule has 0 spiro atoms. The number of nitrogens with zero attached hydrogens (tertiary/aromatic N) is 2. The number of halogens is 1. The molecule has 2 aliphatic heterocycles. The Morgan fingerprint density at radius 1 is 1.39 bits per heavy atom. The molecule has 31 heavy (non-hydrogen) atoms. The van der Waals surface area contributed by atoms with E-state index in [-0.39, 0.29) is 12.3 Å². The van der Waals surface area contributed by atoms with Crippen LogP contribution in [-0.4, -0.2) is 55.5 Å². The van der Waals surface area contributed by atoms with Crippen molar-refractivity contribution >= 4 is 11.5 Å². The Labute approximate surface area is 185 Å². The third-order valence-corrected chi connectivity index (χ3v) is 4.66. The minimum absolute atomic E-state index is 0.148. The lowest BCUT2D eigenvalue weighted by Gasteiger charge is -2.30. The van der Waals surface area contributed by atoms with Gasteiger partial charge in [0.25, 0.3) is 0 Å². The molecule has 3 rings (SSSR count). The smallest absolute Gasteiger partial charge is 0.164 e. The zero-order valence-corrected chi connectivity index (χ0v) is 19.5. The van der Waals surface area contributed by atoms with Gasteiger partial charge in [-0.05, 0) is 45.3 Å². The largest absolute Gasteiger partial charge is 0.388 e. The Bertz CT molecular complexity index is 741. The van der Waals surface area contributed by atoms with Crippen LogP contribution in [0.2, 0.25) is 0 Å². The van der Waals surface area contributed by atoms with Crippen LogP contribution in [0.1, 0.15) is 47.5 Å². The number of hydrogen-bond acceptors (Lipinski definition) is 7. The van der Waals surface area contributed by atoms with E-state index in [1.165, 1.54) is 5.57 Å². The lowest BCUT2D eigenvalue weighted by molar-refractivity contribution is 0.0724. The van der Waals surface area contributed by atoms with E-state index < -0.39 is 6.23 Å². The number of allylic oxidation sites excluding steroid dienone is 3. The summed E-state index contributed by atoms with van der Waals surface area (Å²) in [6.07, 6.45) is 11.1. The lowest BCUT2D eigenvalue weighted by atomic mass is 9.92. The number of amidine groups is 1. The van der Waals surface area contributed by atoms with Gasteiger partial charge in [0.05, 0.1) is 12.9 Å². The van der Waals surface area contributed by atoms with Gasteiger partial charge in [-0.1, -0.05) is 37.2 Å². The fourth-order valence-electron chi connectivity index (χ4n) is 3.23. The van der Waals surface area contributed by atoms with Crippen molar-refractivity contribution < 1.29 is 19.1 Å². The summed E-state index contributed by atoms with van der Waals surface area (Å²) in [5, 5.41) is 20.9. The van der Waals surface area contributed by atoms with E-state index in [9.17, 15) is 9.50 Å². The number of aliphatic hydroxyl groups excluding tert-OH is 1. The van der Waals surface area contributed by atoms with E-state index in [1.54, 1.807) is 13.1 Å². The van der Waals surface area contributed by atoms with Crippen LogP contribution in [0.25, 0.3) is 0 Å². The van der Waals surface area contributed by atoms with E-state index >= 15 is 0 Å². The summed E-state index contributed by atoms with van der Waals surface area (Å²) in [6.45, 7) is 10.6. The molecule has 174 valence electrons. The van der Waals surface area contributed by atoms with Crippen LogP contribution >= 0.6 is 0 Å². The normalized spacial score (nSPS) is 21.7. The Hall–Kier alpha value is -2.29. The summed E-state index contributed by atoms with van der Waals surface area (Å²) >= 11 is 0. The van der Waals surface area contributed by atoms with Crippen molar-refractivity contribution in [2.24, 2.45) is 10.1 Å². The van der Waals surface area contributed by atoms with Gasteiger partial charge in [0, 0.05) is 30.0 Å². The molecule has 0 amide bonds. The molecule has 8 heteroatoms. The number of dihydropyridines is 1. The highest BCUT2D eigenvalue weighted by Gasteiger charge is 2.25. The van der Waals surface area contributed by atoms with Crippen LogP contribution in [0.3, 0.4) is 0 Å². The number of ether oxygens (including phenoxy) is 1. The van der Waals surface area contributed by atoms with E-state index in [0.29, 0.717) is 26.2 Å². The van der Waals surface area contributed by atoms with Crippen LogP contribution in [0.15, 0.2) is 57.4 Å². The molecular weight excluding hydrogens is 399 g/mol. The molecule has 3 aliphatic rings. The Balaban J connectivity index is 0.00000113. The molecule has 0 fully saturated rings. The second-order valence-corrected chi connectivity index (χ2v) is 6.71. The van der Waals surface area contributed by atoms with Crippen molar-refractivity contribution in [2.45, 2.75) is 66.0 Å². The summed E-state index contributed by atoms with van der Waals surface area (Å²) in [5.41, 5.74) is 3.85. The molecular formula is C23H37FN4O3.